The van der Waals surface area contributed by atoms with Crippen molar-refractivity contribution in [2.45, 2.75) is 37.8 Å². The topological polar surface area (TPSA) is 112 Å². The number of fused-ring (bicyclic) bond motifs is 3. The van der Waals surface area contributed by atoms with Crippen molar-refractivity contribution < 1.29 is 43.4 Å². The number of methoxy groups -OCH3 is 6. The van der Waals surface area contributed by atoms with Gasteiger partial charge in [-0.1, -0.05) is 6.07 Å². The first kappa shape index (κ1) is 34.4. The van der Waals surface area contributed by atoms with Crippen LogP contribution in [0.25, 0.3) is 11.1 Å². The van der Waals surface area contributed by atoms with Crippen LogP contribution in [0.3, 0.4) is 0 Å². The third-order valence-corrected chi connectivity index (χ3v) is 10.9. The molecule has 51 heavy (non-hydrogen) atoms. The van der Waals surface area contributed by atoms with Crippen LogP contribution in [0, 0.1) is 0 Å². The first-order chi connectivity index (χ1) is 24.7. The molecule has 4 aromatic carbocycles. The third kappa shape index (κ3) is 5.59. The second-order valence-electron chi connectivity index (χ2n) is 13.4. The number of phenolic OH excluding ortho intramolecular Hbond substituents is 2. The lowest BCUT2D eigenvalue weighted by molar-refractivity contribution is 0.222. The van der Waals surface area contributed by atoms with Gasteiger partial charge in [0.2, 0.25) is 11.5 Å². The zero-order valence-electron chi connectivity index (χ0n) is 30.5. The molecule has 0 unspecified atom stereocenters. The van der Waals surface area contributed by atoms with Crippen molar-refractivity contribution >= 4 is 0 Å². The Morgan fingerprint density at radius 3 is 2.04 bits per heavy atom. The molecular formula is C40H46N2O9. The molecule has 11 heteroatoms. The molecule has 11 nitrogen and oxygen atoms in total. The Bertz CT molecular complexity index is 1990. The van der Waals surface area contributed by atoms with Crippen LogP contribution in [0.15, 0.2) is 36.4 Å². The Morgan fingerprint density at radius 1 is 0.667 bits per heavy atom. The summed E-state index contributed by atoms with van der Waals surface area (Å²) in [6.45, 7) is 1.68. The molecule has 4 aromatic rings. The molecule has 0 saturated heterocycles. The maximum Gasteiger partial charge on any atom is 0.204 e. The molecule has 0 aromatic heterocycles. The molecule has 0 fully saturated rings. The molecule has 3 aliphatic rings. The van der Waals surface area contributed by atoms with Gasteiger partial charge in [0.15, 0.2) is 46.0 Å². The number of aromatic hydroxyl groups is 2. The van der Waals surface area contributed by atoms with E-state index >= 15 is 0 Å². The second kappa shape index (κ2) is 13.6. The Balaban J connectivity index is 1.35. The number of rotatable bonds is 10. The smallest absolute Gasteiger partial charge is 0.204 e. The lowest BCUT2D eigenvalue weighted by atomic mass is 9.76. The maximum atomic E-state index is 11.6. The summed E-state index contributed by atoms with van der Waals surface area (Å²) in [4.78, 5) is 4.62. The molecule has 0 spiro atoms. The van der Waals surface area contributed by atoms with E-state index in [0.717, 1.165) is 71.3 Å². The van der Waals surface area contributed by atoms with Crippen molar-refractivity contribution in [2.24, 2.45) is 0 Å². The Hall–Kier alpha value is -5.00. The second-order valence-corrected chi connectivity index (χ2v) is 13.4. The van der Waals surface area contributed by atoms with E-state index in [9.17, 15) is 10.2 Å². The zero-order valence-corrected chi connectivity index (χ0v) is 30.5. The predicted molar refractivity (Wildman–Crippen MR) is 193 cm³/mol. The molecular weight excluding hydrogens is 652 g/mol. The van der Waals surface area contributed by atoms with Crippen LogP contribution >= 0.6 is 0 Å². The predicted octanol–water partition coefficient (Wildman–Crippen LogP) is 6.47. The summed E-state index contributed by atoms with van der Waals surface area (Å²) in [6, 6.07) is 11.3. The van der Waals surface area contributed by atoms with Gasteiger partial charge in [0.1, 0.15) is 0 Å². The van der Waals surface area contributed by atoms with Crippen molar-refractivity contribution in [1.82, 2.24) is 9.80 Å². The van der Waals surface area contributed by atoms with Gasteiger partial charge in [-0.2, -0.15) is 0 Å². The van der Waals surface area contributed by atoms with Gasteiger partial charge in [-0.25, -0.2) is 0 Å². The van der Waals surface area contributed by atoms with Crippen LogP contribution in [0.5, 0.6) is 57.5 Å². The number of benzene rings is 4. The summed E-state index contributed by atoms with van der Waals surface area (Å²) < 4.78 is 41.5. The van der Waals surface area contributed by atoms with Crippen LogP contribution in [0.2, 0.25) is 0 Å². The summed E-state index contributed by atoms with van der Waals surface area (Å²) in [7, 11) is 13.8. The average molecular weight is 699 g/mol. The van der Waals surface area contributed by atoms with Gasteiger partial charge in [-0.15, -0.1) is 0 Å². The molecule has 2 atom stereocenters. The highest BCUT2D eigenvalue weighted by Gasteiger charge is 2.40. The number of phenols is 2. The van der Waals surface area contributed by atoms with Crippen LogP contribution < -0.4 is 33.2 Å². The van der Waals surface area contributed by atoms with Gasteiger partial charge in [-0.05, 0) is 97.9 Å². The fraction of sp³-hybridized carbons (Fsp3) is 0.400. The molecule has 1 aliphatic carbocycles. The van der Waals surface area contributed by atoms with Crippen LogP contribution in [0.1, 0.15) is 45.5 Å². The van der Waals surface area contributed by atoms with Gasteiger partial charge in [0.25, 0.3) is 0 Å². The van der Waals surface area contributed by atoms with E-state index < -0.39 is 0 Å². The first-order valence-electron chi connectivity index (χ1n) is 17.1. The number of ether oxygens (including phenoxy) is 7. The maximum absolute atomic E-state index is 11.6. The third-order valence-electron chi connectivity index (χ3n) is 10.9. The summed E-state index contributed by atoms with van der Waals surface area (Å²) in [5.74, 6) is 3.86. The van der Waals surface area contributed by atoms with E-state index in [2.05, 4.69) is 23.9 Å². The van der Waals surface area contributed by atoms with E-state index in [1.807, 2.05) is 24.3 Å². The van der Waals surface area contributed by atoms with Crippen LogP contribution in [0.4, 0.5) is 0 Å². The SMILES string of the molecule is COc1cc2c(cc1O)[C@H](Cc1ccc(OC)c(O)c1Oc1cc3c(cc1OC)-c1c(OC)c(OC)c(OC)c4c1[C@H](C3)N(C)CC4)N(C)CC2. The lowest BCUT2D eigenvalue weighted by Crippen LogP contribution is -2.36. The first-order valence-corrected chi connectivity index (χ1v) is 17.1. The van der Waals surface area contributed by atoms with Gasteiger partial charge >= 0.3 is 0 Å². The fourth-order valence-corrected chi connectivity index (χ4v) is 8.23. The quantitative estimate of drug-likeness (QED) is 0.190. The Labute approximate surface area is 298 Å². The van der Waals surface area contributed by atoms with Crippen molar-refractivity contribution in [3.8, 4) is 68.6 Å². The molecule has 2 aliphatic heterocycles. The van der Waals surface area contributed by atoms with E-state index in [4.69, 9.17) is 33.2 Å². The van der Waals surface area contributed by atoms with Gasteiger partial charge < -0.3 is 43.4 Å². The molecule has 0 radical (unpaired) electrons. The van der Waals surface area contributed by atoms with E-state index in [1.54, 1.807) is 47.7 Å². The Morgan fingerprint density at radius 2 is 1.35 bits per heavy atom. The van der Waals surface area contributed by atoms with Crippen molar-refractivity contribution in [1.29, 1.82) is 0 Å². The molecule has 2 heterocycles. The average Bonchev–Trinajstić information content (AvgIpc) is 3.14. The Kier molecular flexibility index (Phi) is 9.19. The van der Waals surface area contributed by atoms with E-state index in [0.29, 0.717) is 46.7 Å². The van der Waals surface area contributed by atoms with Crippen LogP contribution in [-0.2, 0) is 25.7 Å². The minimum atomic E-state index is -0.105. The van der Waals surface area contributed by atoms with Gasteiger partial charge in [0.05, 0.1) is 42.7 Å². The lowest BCUT2D eigenvalue weighted by Gasteiger charge is -2.41. The largest absolute Gasteiger partial charge is 0.504 e. The fourth-order valence-electron chi connectivity index (χ4n) is 8.23. The highest BCUT2D eigenvalue weighted by molar-refractivity contribution is 5.87. The van der Waals surface area contributed by atoms with Crippen molar-refractivity contribution in [3.63, 3.8) is 0 Å². The van der Waals surface area contributed by atoms with Gasteiger partial charge in [0, 0.05) is 41.9 Å². The summed E-state index contributed by atoms with van der Waals surface area (Å²) in [6.07, 6.45) is 2.86. The number of likely N-dealkylation sites (N-methyl/N-ethyl adjacent to an activating group) is 2. The zero-order chi connectivity index (χ0) is 36.1. The molecule has 0 amide bonds. The minimum absolute atomic E-state index is 0.0731. The number of hydrogen-bond donors (Lipinski definition) is 2. The molecule has 0 bridgehead atoms. The van der Waals surface area contributed by atoms with Crippen molar-refractivity contribution in [2.75, 3.05) is 69.8 Å². The van der Waals surface area contributed by atoms with E-state index in [1.165, 1.54) is 12.7 Å². The molecule has 7 rings (SSSR count). The number of hydrogen-bond acceptors (Lipinski definition) is 11. The van der Waals surface area contributed by atoms with Crippen LogP contribution in [-0.4, -0.2) is 89.9 Å². The molecule has 2 N–H and O–H groups in total. The normalized spacial score (nSPS) is 17.9. The number of nitrogens with zero attached hydrogens (tertiary/aromatic N) is 2. The van der Waals surface area contributed by atoms with Gasteiger partial charge in [-0.3, -0.25) is 9.80 Å². The summed E-state index contributed by atoms with van der Waals surface area (Å²) in [5, 5.41) is 22.3. The highest BCUT2D eigenvalue weighted by Crippen LogP contribution is 2.58. The minimum Gasteiger partial charge on any atom is -0.504 e. The summed E-state index contributed by atoms with van der Waals surface area (Å²) >= 11 is 0. The summed E-state index contributed by atoms with van der Waals surface area (Å²) in [5.41, 5.74) is 8.16. The molecule has 270 valence electrons. The van der Waals surface area contributed by atoms with Crippen molar-refractivity contribution in [3.05, 3.63) is 69.8 Å². The van der Waals surface area contributed by atoms with E-state index in [-0.39, 0.29) is 29.3 Å². The highest BCUT2D eigenvalue weighted by atomic mass is 16.5. The molecule has 0 saturated carbocycles. The standard InChI is InChI=1S/C40H46N2O9/c1-41-13-11-21-17-31(46-4)29(43)19-25(21)27(41)15-22-9-10-30(45-3)36(44)37(22)51-33-18-23-16-28-34-24(12-14-42(28)2)38(48-6)40(50-8)39(49-7)35(34)26(23)20-32(33)47-5/h9-10,17-20,27-28,43-44H,11-16H2,1-8H3/t27-,28-/m0/s1. The monoisotopic (exact) mass is 698 g/mol.